The average molecular weight is 270 g/mol. The van der Waals surface area contributed by atoms with E-state index in [2.05, 4.69) is 10.2 Å². The minimum Gasteiger partial charge on any atom is -0.370 e. The fourth-order valence-corrected chi connectivity index (χ4v) is 2.27. The molecule has 5 heteroatoms. The Labute approximate surface area is 117 Å². The lowest BCUT2D eigenvalue weighted by molar-refractivity contribution is 0.577. The third-order valence-electron chi connectivity index (χ3n) is 3.27. The smallest absolute Gasteiger partial charge is 0.145 e. The zero-order chi connectivity index (χ0) is 14.4. The van der Waals surface area contributed by atoms with Gasteiger partial charge < -0.3 is 10.2 Å². The predicted octanol–water partition coefficient (Wildman–Crippen LogP) is 3.16. The molecule has 1 aromatic rings. The number of piperidine rings is 1. The number of allylic oxidation sites excluding steroid dienone is 1. The molecule has 20 heavy (non-hydrogen) atoms. The number of hydrogen-bond donors (Lipinski definition) is 1. The van der Waals surface area contributed by atoms with Crippen LogP contribution < -0.4 is 10.2 Å². The largest absolute Gasteiger partial charge is 0.370 e. The molecular formula is C15H15FN4. The molecular weight excluding hydrogens is 255 g/mol. The molecule has 0 aromatic heterocycles. The van der Waals surface area contributed by atoms with Crippen LogP contribution in [-0.4, -0.2) is 13.1 Å². The van der Waals surface area contributed by atoms with Gasteiger partial charge in [0.2, 0.25) is 0 Å². The molecule has 0 bridgehead atoms. The van der Waals surface area contributed by atoms with Gasteiger partial charge in [-0.15, -0.1) is 0 Å². The van der Waals surface area contributed by atoms with Crippen molar-refractivity contribution in [2.45, 2.75) is 19.3 Å². The topological polar surface area (TPSA) is 62.9 Å². The zero-order valence-corrected chi connectivity index (χ0v) is 11.1. The van der Waals surface area contributed by atoms with Crippen LogP contribution in [0.2, 0.25) is 0 Å². The standard InChI is InChI=1S/C15H15FN4/c16-13-4-5-15(20-6-2-1-3-7-20)14(8-13)19-11-12(9-17)10-18/h4-5,8,11,19H,1-3,6-7H2. The summed E-state index contributed by atoms with van der Waals surface area (Å²) in [6.07, 6.45) is 4.76. The number of anilines is 2. The van der Waals surface area contributed by atoms with E-state index in [0.717, 1.165) is 31.6 Å². The second-order valence-corrected chi connectivity index (χ2v) is 4.64. The second-order valence-electron chi connectivity index (χ2n) is 4.64. The molecule has 1 aromatic carbocycles. The Morgan fingerprint density at radius 1 is 1.20 bits per heavy atom. The number of rotatable bonds is 3. The van der Waals surface area contributed by atoms with Gasteiger partial charge in [-0.05, 0) is 37.5 Å². The summed E-state index contributed by atoms with van der Waals surface area (Å²) in [6.45, 7) is 1.88. The first-order valence-corrected chi connectivity index (χ1v) is 6.56. The van der Waals surface area contributed by atoms with Gasteiger partial charge in [-0.1, -0.05) is 0 Å². The van der Waals surface area contributed by atoms with Crippen LogP contribution in [0.1, 0.15) is 19.3 Å². The van der Waals surface area contributed by atoms with Crippen molar-refractivity contribution in [3.8, 4) is 12.1 Å². The third-order valence-corrected chi connectivity index (χ3v) is 3.27. The molecule has 2 rings (SSSR count). The number of nitrogens with one attached hydrogen (secondary N) is 1. The van der Waals surface area contributed by atoms with E-state index in [1.165, 1.54) is 24.8 Å². The molecule has 0 unspecified atom stereocenters. The fraction of sp³-hybridized carbons (Fsp3) is 0.333. The molecule has 0 spiro atoms. The molecule has 1 aliphatic heterocycles. The Morgan fingerprint density at radius 3 is 2.55 bits per heavy atom. The molecule has 1 fully saturated rings. The molecule has 1 saturated heterocycles. The van der Waals surface area contributed by atoms with Gasteiger partial charge >= 0.3 is 0 Å². The van der Waals surface area contributed by atoms with Crippen molar-refractivity contribution in [2.75, 3.05) is 23.3 Å². The zero-order valence-electron chi connectivity index (χ0n) is 11.1. The Hall–Kier alpha value is -2.53. The molecule has 4 nitrogen and oxygen atoms in total. The summed E-state index contributed by atoms with van der Waals surface area (Å²) in [5.41, 5.74) is 1.44. The maximum Gasteiger partial charge on any atom is 0.145 e. The first kappa shape index (κ1) is 13.9. The van der Waals surface area contributed by atoms with Crippen molar-refractivity contribution in [2.24, 2.45) is 0 Å². The molecule has 102 valence electrons. The molecule has 1 N–H and O–H groups in total. The van der Waals surface area contributed by atoms with Gasteiger partial charge in [-0.3, -0.25) is 0 Å². The summed E-state index contributed by atoms with van der Waals surface area (Å²) < 4.78 is 13.4. The summed E-state index contributed by atoms with van der Waals surface area (Å²) >= 11 is 0. The van der Waals surface area contributed by atoms with Crippen LogP contribution in [0.5, 0.6) is 0 Å². The molecule has 1 aliphatic rings. The van der Waals surface area contributed by atoms with E-state index in [9.17, 15) is 4.39 Å². The maximum absolute atomic E-state index is 13.4. The van der Waals surface area contributed by atoms with E-state index in [4.69, 9.17) is 10.5 Å². The van der Waals surface area contributed by atoms with Crippen molar-refractivity contribution in [1.29, 1.82) is 10.5 Å². The molecule has 0 atom stereocenters. The summed E-state index contributed by atoms with van der Waals surface area (Å²) in [6, 6.07) is 8.07. The Kier molecular flexibility index (Phi) is 4.57. The van der Waals surface area contributed by atoms with Gasteiger partial charge in [0.15, 0.2) is 0 Å². The maximum atomic E-state index is 13.4. The Balaban J connectivity index is 2.26. The summed E-state index contributed by atoms with van der Waals surface area (Å²) in [4.78, 5) is 2.19. The van der Waals surface area contributed by atoms with Crippen LogP contribution in [0, 0.1) is 28.5 Å². The van der Waals surface area contributed by atoms with Crippen LogP contribution >= 0.6 is 0 Å². The monoisotopic (exact) mass is 270 g/mol. The lowest BCUT2D eigenvalue weighted by Gasteiger charge is -2.30. The van der Waals surface area contributed by atoms with Gasteiger partial charge in [0, 0.05) is 19.3 Å². The summed E-state index contributed by atoms with van der Waals surface area (Å²) in [5, 5.41) is 20.3. The van der Waals surface area contributed by atoms with E-state index in [1.54, 1.807) is 18.2 Å². The fourth-order valence-electron chi connectivity index (χ4n) is 2.27. The van der Waals surface area contributed by atoms with E-state index in [1.807, 2.05) is 0 Å². The third kappa shape index (κ3) is 3.27. The average Bonchev–Trinajstić information content (AvgIpc) is 2.49. The van der Waals surface area contributed by atoms with Gasteiger partial charge in [-0.25, -0.2) is 4.39 Å². The quantitative estimate of drug-likeness (QED) is 0.857. The summed E-state index contributed by atoms with van der Waals surface area (Å²) in [5.74, 6) is -0.350. The van der Waals surface area contributed by atoms with E-state index in [0.29, 0.717) is 5.69 Å². The van der Waals surface area contributed by atoms with Crippen LogP contribution in [-0.2, 0) is 0 Å². The molecule has 0 radical (unpaired) electrons. The minimum atomic E-state index is -0.350. The molecule has 1 heterocycles. The highest BCUT2D eigenvalue weighted by atomic mass is 19.1. The molecule has 0 aliphatic carbocycles. The number of nitrogens with zero attached hydrogens (tertiary/aromatic N) is 3. The van der Waals surface area contributed by atoms with Crippen LogP contribution in [0.3, 0.4) is 0 Å². The minimum absolute atomic E-state index is 0.0427. The Bertz CT molecular complexity index is 573. The van der Waals surface area contributed by atoms with E-state index < -0.39 is 0 Å². The number of halogens is 1. The SMILES string of the molecule is N#CC(C#N)=CNc1cc(F)ccc1N1CCCCC1. The first-order valence-electron chi connectivity index (χ1n) is 6.56. The highest BCUT2D eigenvalue weighted by Crippen LogP contribution is 2.29. The lowest BCUT2D eigenvalue weighted by atomic mass is 10.1. The van der Waals surface area contributed by atoms with Crippen LogP contribution in [0.4, 0.5) is 15.8 Å². The van der Waals surface area contributed by atoms with Gasteiger partial charge in [0.25, 0.3) is 0 Å². The van der Waals surface area contributed by atoms with Gasteiger partial charge in [0.05, 0.1) is 11.4 Å². The van der Waals surface area contributed by atoms with Crippen molar-refractivity contribution in [3.05, 3.63) is 35.8 Å². The van der Waals surface area contributed by atoms with Crippen molar-refractivity contribution >= 4 is 11.4 Å². The van der Waals surface area contributed by atoms with Gasteiger partial charge in [0.1, 0.15) is 23.5 Å². The molecule has 0 amide bonds. The number of benzene rings is 1. The highest BCUT2D eigenvalue weighted by Gasteiger charge is 2.14. The normalized spacial score (nSPS) is 14.1. The van der Waals surface area contributed by atoms with Crippen molar-refractivity contribution in [3.63, 3.8) is 0 Å². The van der Waals surface area contributed by atoms with Crippen LogP contribution in [0.25, 0.3) is 0 Å². The lowest BCUT2D eigenvalue weighted by Crippen LogP contribution is -2.29. The predicted molar refractivity (Wildman–Crippen MR) is 75.4 cm³/mol. The van der Waals surface area contributed by atoms with Crippen LogP contribution in [0.15, 0.2) is 30.0 Å². The van der Waals surface area contributed by atoms with Crippen molar-refractivity contribution in [1.82, 2.24) is 0 Å². The van der Waals surface area contributed by atoms with Gasteiger partial charge in [-0.2, -0.15) is 10.5 Å². The second kappa shape index (κ2) is 6.58. The van der Waals surface area contributed by atoms with E-state index >= 15 is 0 Å². The molecule has 0 saturated carbocycles. The highest BCUT2D eigenvalue weighted by molar-refractivity contribution is 5.71. The van der Waals surface area contributed by atoms with Crippen molar-refractivity contribution < 1.29 is 4.39 Å². The Morgan fingerprint density at radius 2 is 1.90 bits per heavy atom. The number of nitriles is 2. The first-order chi connectivity index (χ1) is 9.74. The summed E-state index contributed by atoms with van der Waals surface area (Å²) in [7, 11) is 0. The van der Waals surface area contributed by atoms with E-state index in [-0.39, 0.29) is 11.4 Å². The number of hydrogen-bond acceptors (Lipinski definition) is 4.